The average molecular weight is 1130 g/mol. The van der Waals surface area contributed by atoms with Crippen LogP contribution in [0.5, 0.6) is 0 Å². The second-order valence-electron chi connectivity index (χ2n) is 23.6. The van der Waals surface area contributed by atoms with Crippen molar-refractivity contribution in [1.82, 2.24) is 0 Å². The molecule has 0 aromatic carbocycles. The number of ether oxygens (including phenoxy) is 10. The Bertz CT molecular complexity index is 2070. The third-order valence-corrected chi connectivity index (χ3v) is 19.2. The molecule has 17 N–H and O–H groups in total. The molecule has 28 heteroatoms. The maximum absolute atomic E-state index is 14.9. The van der Waals surface area contributed by atoms with Gasteiger partial charge in [0.25, 0.3) is 0 Å². The van der Waals surface area contributed by atoms with E-state index >= 15 is 0 Å². The van der Waals surface area contributed by atoms with Gasteiger partial charge < -0.3 is 134 Å². The molecule has 0 radical (unpaired) electrons. The molecule has 448 valence electrons. The van der Waals surface area contributed by atoms with E-state index in [-0.39, 0.29) is 11.8 Å². The summed E-state index contributed by atoms with van der Waals surface area (Å²) in [5, 5.41) is 181. The zero-order chi connectivity index (χ0) is 56.7. The van der Waals surface area contributed by atoms with Crippen LogP contribution < -0.4 is 0 Å². The molecule has 0 aromatic rings. The molecule has 28 nitrogen and oxygen atoms in total. The number of carbonyl (C=O) groups excluding carboxylic acids is 1. The maximum Gasteiger partial charge on any atom is 0.314 e. The summed E-state index contributed by atoms with van der Waals surface area (Å²) >= 11 is 0. The number of hydrogen-bond donors (Lipinski definition) is 17. The Hall–Kier alpha value is -1.83. The topological polar surface area (TPSA) is 453 Å². The quantitative estimate of drug-likeness (QED) is 0.0411. The first kappa shape index (κ1) is 60.8. The van der Waals surface area contributed by atoms with Crippen molar-refractivity contribution in [2.24, 2.45) is 28.1 Å². The first-order chi connectivity index (χ1) is 36.9. The number of rotatable bonds is 15. The number of aliphatic hydroxyl groups is 17. The van der Waals surface area contributed by atoms with Crippen molar-refractivity contribution < 1.29 is 139 Å². The van der Waals surface area contributed by atoms with Gasteiger partial charge in [0.1, 0.15) is 116 Å². The third-order valence-electron chi connectivity index (χ3n) is 19.2. The Morgan fingerprint density at radius 3 is 1.41 bits per heavy atom. The Labute approximate surface area is 448 Å². The lowest BCUT2D eigenvalue weighted by Gasteiger charge is -2.64. The number of aliphatic hydroxyl groups excluding tert-OH is 17. The molecule has 9 fully saturated rings. The van der Waals surface area contributed by atoms with Crippen LogP contribution in [-0.4, -0.2) is 285 Å². The minimum atomic E-state index is -1.99. The van der Waals surface area contributed by atoms with E-state index in [2.05, 4.69) is 13.5 Å². The van der Waals surface area contributed by atoms with Gasteiger partial charge in [0.2, 0.25) is 6.29 Å². The number of esters is 1. The van der Waals surface area contributed by atoms with Crippen LogP contribution >= 0.6 is 0 Å². The van der Waals surface area contributed by atoms with Crippen LogP contribution in [-0.2, 0) is 52.2 Å². The van der Waals surface area contributed by atoms with Gasteiger partial charge in [-0.05, 0) is 86.5 Å². The van der Waals surface area contributed by atoms with Gasteiger partial charge in [0.15, 0.2) is 31.3 Å². The van der Waals surface area contributed by atoms with Crippen molar-refractivity contribution in [1.29, 1.82) is 0 Å². The van der Waals surface area contributed by atoms with E-state index in [1.807, 2.05) is 0 Å². The van der Waals surface area contributed by atoms with Crippen molar-refractivity contribution in [3.63, 3.8) is 0 Å². The molecule has 78 heavy (non-hydrogen) atoms. The second kappa shape index (κ2) is 23.3. The molecule has 0 amide bonds. The highest BCUT2D eigenvalue weighted by molar-refractivity contribution is 5.77. The summed E-state index contributed by atoms with van der Waals surface area (Å²) in [7, 11) is 0. The normalized spacial score (nSPS) is 54.5. The third kappa shape index (κ3) is 10.3. The second-order valence-corrected chi connectivity index (χ2v) is 23.6. The van der Waals surface area contributed by atoms with Gasteiger partial charge in [-0.25, -0.2) is 0 Å². The highest BCUT2D eigenvalue weighted by Crippen LogP contribution is 2.74. The van der Waals surface area contributed by atoms with Gasteiger partial charge in [0, 0.05) is 0 Å². The van der Waals surface area contributed by atoms with Crippen molar-refractivity contribution >= 4 is 5.97 Å². The van der Waals surface area contributed by atoms with E-state index in [0.29, 0.717) is 63.4 Å². The smallest absolute Gasteiger partial charge is 0.314 e. The van der Waals surface area contributed by atoms with Crippen molar-refractivity contribution in [3.8, 4) is 0 Å². The molecule has 9 rings (SSSR count). The average Bonchev–Trinajstić information content (AvgIpc) is 3.69. The fourth-order valence-electron chi connectivity index (χ4n) is 15.0. The molecule has 5 aliphatic heterocycles. The minimum absolute atomic E-state index is 0.0705. The molecular formula is C50H80O28. The standard InChI is InChI=1S/C50H80O28/c1-18-11-49-9-5-24-47(2,7-4-8-48(24,3)46(68)77-44-39(34(64)29(59)22(15-54)72-44)75-42-36(66)32(62)27(57)20(13-52)70-42)25(49)6-10-50(18,17-49)78-45-40(76-43-37(67)33(63)28(58)21(14-53)71-43)38(30(60)23(16-55)73-45)74-41-35(65)31(61)26(56)19(12-51)69-41/h19-45,51-67H,1,4-17H2,2-3H3/t19-,20-,21-,22-,23-,24+,25+,26-,27-,28-,29-,30-,31+,32+,33+,34+,35-,36-,37-,38+,39-,40-,41+,42+,43+,44+,45+,47-,48-,49?,50+/m1/s1. The van der Waals surface area contributed by atoms with Gasteiger partial charge in [-0.15, -0.1) is 0 Å². The highest BCUT2D eigenvalue weighted by atomic mass is 16.8. The molecule has 5 saturated heterocycles. The molecule has 2 bridgehead atoms. The Kier molecular flexibility index (Phi) is 18.2. The SMILES string of the molecule is C=C1CC23CC[C@H]4[C@@](C)(CCC[C@@]4(C)C(=O)O[C@@H]4O[C@H](CO)[C@@H](O)[C@H](O)[C@H]4O[C@@H]4O[C@H](CO)[C@@H](O)[C@H](O)[C@H]4O)[C@@H]2CC[C@]1(O[C@@H]1O[C@H](CO)[C@@H](O)[C@H](O[C@@H]2O[C@H](CO)[C@@H](O)[C@H](O)[C@H]2O)[C@H]1O[C@@H]1O[C@H](CO)[C@@H](O)[C@H](O)[C@H]1O)C3. The molecule has 5 heterocycles. The number of hydrogen-bond acceptors (Lipinski definition) is 28. The summed E-state index contributed by atoms with van der Waals surface area (Å²) in [5.74, 6) is -1.14. The first-order valence-corrected chi connectivity index (χ1v) is 26.9. The van der Waals surface area contributed by atoms with E-state index in [1.165, 1.54) is 0 Å². The monoisotopic (exact) mass is 1130 g/mol. The van der Waals surface area contributed by atoms with Crippen LogP contribution in [0.4, 0.5) is 0 Å². The zero-order valence-electron chi connectivity index (χ0n) is 43.3. The first-order valence-electron chi connectivity index (χ1n) is 26.9. The number of fused-ring (bicyclic) bond motifs is 3. The maximum atomic E-state index is 14.9. The fraction of sp³-hybridized carbons (Fsp3) is 0.940. The van der Waals surface area contributed by atoms with Gasteiger partial charge in [0.05, 0.1) is 44.1 Å². The van der Waals surface area contributed by atoms with E-state index in [0.717, 1.165) is 0 Å². The summed E-state index contributed by atoms with van der Waals surface area (Å²) in [4.78, 5) is 14.9. The van der Waals surface area contributed by atoms with Gasteiger partial charge >= 0.3 is 5.97 Å². The number of carbonyl (C=O) groups is 1. The van der Waals surface area contributed by atoms with Crippen molar-refractivity contribution in [2.75, 3.05) is 33.0 Å². The van der Waals surface area contributed by atoms with Crippen LogP contribution in [0.2, 0.25) is 0 Å². The minimum Gasteiger partial charge on any atom is -0.432 e. The molecule has 1 unspecified atom stereocenters. The van der Waals surface area contributed by atoms with Gasteiger partial charge in [-0.2, -0.15) is 0 Å². The van der Waals surface area contributed by atoms with Gasteiger partial charge in [-0.1, -0.05) is 19.9 Å². The van der Waals surface area contributed by atoms with E-state index in [1.54, 1.807) is 6.92 Å². The molecular weight excluding hydrogens is 1050 g/mol. The van der Waals surface area contributed by atoms with E-state index < -0.39 is 214 Å². The van der Waals surface area contributed by atoms with Crippen LogP contribution in [0.1, 0.15) is 71.6 Å². The fourth-order valence-corrected chi connectivity index (χ4v) is 15.0. The molecule has 0 aromatic heterocycles. The molecule has 1 spiro atoms. The largest absolute Gasteiger partial charge is 0.432 e. The molecule has 9 aliphatic rings. The molecule has 31 atom stereocenters. The summed E-state index contributed by atoms with van der Waals surface area (Å²) in [6.07, 6.45) is -39.9. The van der Waals surface area contributed by atoms with Crippen LogP contribution in [0.3, 0.4) is 0 Å². The summed E-state index contributed by atoms with van der Waals surface area (Å²) < 4.78 is 60.3. The summed E-state index contributed by atoms with van der Waals surface area (Å²) in [6.45, 7) is 4.32. The van der Waals surface area contributed by atoms with Crippen LogP contribution in [0.25, 0.3) is 0 Å². The van der Waals surface area contributed by atoms with Crippen LogP contribution in [0, 0.1) is 28.1 Å². The van der Waals surface area contributed by atoms with Crippen LogP contribution in [0.15, 0.2) is 12.2 Å². The molecule has 4 saturated carbocycles. The summed E-state index contributed by atoms with van der Waals surface area (Å²) in [5.41, 5.74) is -2.81. The van der Waals surface area contributed by atoms with Crippen molar-refractivity contribution in [3.05, 3.63) is 12.2 Å². The molecule has 4 aliphatic carbocycles. The van der Waals surface area contributed by atoms with E-state index in [9.17, 15) is 91.6 Å². The lowest BCUT2D eigenvalue weighted by atomic mass is 9.41. The lowest BCUT2D eigenvalue weighted by Crippen LogP contribution is -2.68. The zero-order valence-corrected chi connectivity index (χ0v) is 43.3. The highest BCUT2D eigenvalue weighted by Gasteiger charge is 2.70. The Morgan fingerprint density at radius 2 is 0.910 bits per heavy atom. The Morgan fingerprint density at radius 1 is 0.487 bits per heavy atom. The predicted octanol–water partition coefficient (Wildman–Crippen LogP) is -7.29. The lowest BCUT2D eigenvalue weighted by molar-refractivity contribution is -0.400. The van der Waals surface area contributed by atoms with Crippen molar-refractivity contribution in [2.45, 2.75) is 231 Å². The summed E-state index contributed by atoms with van der Waals surface area (Å²) in [6, 6.07) is 0. The predicted molar refractivity (Wildman–Crippen MR) is 252 cm³/mol. The van der Waals surface area contributed by atoms with E-state index in [4.69, 9.17) is 47.4 Å². The van der Waals surface area contributed by atoms with Gasteiger partial charge in [-0.3, -0.25) is 4.79 Å². The Balaban J connectivity index is 0.968.